The third-order valence-electron chi connectivity index (χ3n) is 1.82. The van der Waals surface area contributed by atoms with Gasteiger partial charge in [0.1, 0.15) is 5.71 Å². The highest BCUT2D eigenvalue weighted by Crippen LogP contribution is 2.19. The highest BCUT2D eigenvalue weighted by molar-refractivity contribution is 6.47. The van der Waals surface area contributed by atoms with Crippen molar-refractivity contribution in [3.63, 3.8) is 0 Å². The zero-order valence-corrected chi connectivity index (χ0v) is 9.32. The van der Waals surface area contributed by atoms with Gasteiger partial charge in [-0.05, 0) is 0 Å². The number of alkyl halides is 3. The number of benzene rings is 1. The Morgan fingerprint density at radius 2 is 1.71 bits per heavy atom. The van der Waals surface area contributed by atoms with E-state index in [1.165, 1.54) is 26.2 Å². The van der Waals surface area contributed by atoms with Gasteiger partial charge in [-0.3, -0.25) is 4.79 Å². The number of ketones is 1. The molecule has 3 nitrogen and oxygen atoms in total. The summed E-state index contributed by atoms with van der Waals surface area (Å²) in [6.45, 7) is 0. The number of Topliss-reactive ketones (excluding diaryl/α,β-unsaturated/α-hetero) is 1. The lowest BCUT2D eigenvalue weighted by Crippen LogP contribution is -2.32. The van der Waals surface area contributed by atoms with Gasteiger partial charge in [0.25, 0.3) is 5.78 Å². The van der Waals surface area contributed by atoms with E-state index in [2.05, 4.69) is 5.10 Å². The lowest BCUT2D eigenvalue weighted by molar-refractivity contribution is -0.163. The molecule has 1 aromatic carbocycles. The van der Waals surface area contributed by atoms with E-state index in [-0.39, 0.29) is 5.56 Å². The van der Waals surface area contributed by atoms with Crippen LogP contribution in [0.25, 0.3) is 0 Å². The molecule has 0 saturated carbocycles. The number of rotatable bonds is 3. The molecule has 0 radical (unpaired) electrons. The standard InChI is InChI=1S/C11H11F3N2O/c1-16(2)15-9(10(17)11(12,13)14)8-6-4-3-5-7-8/h3-7H,1-2H3/b15-9+. The molecule has 17 heavy (non-hydrogen) atoms. The number of carbonyl (C=O) groups is 1. The molecular weight excluding hydrogens is 233 g/mol. The molecule has 0 saturated heterocycles. The van der Waals surface area contributed by atoms with Crippen molar-refractivity contribution in [3.05, 3.63) is 35.9 Å². The molecule has 0 aliphatic heterocycles. The first-order chi connectivity index (χ1) is 7.82. The highest BCUT2D eigenvalue weighted by atomic mass is 19.4. The average Bonchev–Trinajstić information content (AvgIpc) is 2.24. The van der Waals surface area contributed by atoms with Crippen molar-refractivity contribution in [1.29, 1.82) is 0 Å². The number of hydrazone groups is 1. The second-order valence-electron chi connectivity index (χ2n) is 3.49. The summed E-state index contributed by atoms with van der Waals surface area (Å²) in [7, 11) is 2.90. The molecule has 0 aromatic heterocycles. The molecule has 0 amide bonds. The first kappa shape index (κ1) is 13.2. The molecule has 0 bridgehead atoms. The van der Waals surface area contributed by atoms with Crippen LogP contribution in [0.1, 0.15) is 5.56 Å². The van der Waals surface area contributed by atoms with Gasteiger partial charge in [0.15, 0.2) is 0 Å². The van der Waals surface area contributed by atoms with Crippen LogP contribution < -0.4 is 0 Å². The van der Waals surface area contributed by atoms with Crippen molar-refractivity contribution in [2.75, 3.05) is 14.1 Å². The largest absolute Gasteiger partial charge is 0.456 e. The van der Waals surface area contributed by atoms with Crippen LogP contribution in [0.15, 0.2) is 35.4 Å². The Bertz CT molecular complexity index is 424. The summed E-state index contributed by atoms with van der Waals surface area (Å²) in [6.07, 6.45) is -4.93. The molecule has 0 fully saturated rings. The van der Waals surface area contributed by atoms with Crippen molar-refractivity contribution in [2.24, 2.45) is 5.10 Å². The summed E-state index contributed by atoms with van der Waals surface area (Å²) < 4.78 is 37.2. The lowest BCUT2D eigenvalue weighted by Gasteiger charge is -2.11. The third kappa shape index (κ3) is 3.58. The highest BCUT2D eigenvalue weighted by Gasteiger charge is 2.42. The van der Waals surface area contributed by atoms with E-state index < -0.39 is 17.7 Å². The van der Waals surface area contributed by atoms with E-state index in [1.54, 1.807) is 18.2 Å². The molecule has 0 unspecified atom stereocenters. The minimum atomic E-state index is -4.93. The van der Waals surface area contributed by atoms with Crippen molar-refractivity contribution in [1.82, 2.24) is 5.01 Å². The van der Waals surface area contributed by atoms with E-state index in [4.69, 9.17) is 0 Å². The molecular formula is C11H11F3N2O. The second-order valence-corrected chi connectivity index (χ2v) is 3.49. The summed E-state index contributed by atoms with van der Waals surface area (Å²) in [5.74, 6) is -1.95. The van der Waals surface area contributed by atoms with Gasteiger partial charge in [0, 0.05) is 19.7 Å². The predicted octanol–water partition coefficient (Wildman–Crippen LogP) is 2.08. The van der Waals surface area contributed by atoms with Crippen LogP contribution in [-0.4, -0.2) is 36.8 Å². The summed E-state index contributed by atoms with van der Waals surface area (Å²) in [5.41, 5.74) is -0.466. The van der Waals surface area contributed by atoms with Crippen molar-refractivity contribution in [3.8, 4) is 0 Å². The maximum absolute atomic E-state index is 12.4. The van der Waals surface area contributed by atoms with Crippen molar-refractivity contribution in [2.45, 2.75) is 6.18 Å². The number of carbonyl (C=O) groups excluding carboxylic acids is 1. The normalized spacial score (nSPS) is 12.4. The second kappa shape index (κ2) is 4.99. The minimum absolute atomic E-state index is 0.142. The van der Waals surface area contributed by atoms with Crippen LogP contribution in [0.2, 0.25) is 0 Å². The molecule has 0 aliphatic rings. The Labute approximate surface area is 96.5 Å². The number of hydrogen-bond donors (Lipinski definition) is 0. The summed E-state index contributed by atoms with van der Waals surface area (Å²) in [5, 5.41) is 4.75. The van der Waals surface area contributed by atoms with Crippen molar-refractivity contribution < 1.29 is 18.0 Å². The smallest absolute Gasteiger partial charge is 0.302 e. The molecule has 1 rings (SSSR count). The van der Waals surface area contributed by atoms with E-state index in [0.717, 1.165) is 5.01 Å². The summed E-state index contributed by atoms with van der Waals surface area (Å²) in [4.78, 5) is 11.2. The number of hydrogen-bond acceptors (Lipinski definition) is 3. The summed E-state index contributed by atoms with van der Waals surface area (Å²) in [6, 6.07) is 7.56. The molecule has 1 aromatic rings. The van der Waals surface area contributed by atoms with E-state index in [1.807, 2.05) is 0 Å². The Morgan fingerprint density at radius 3 is 2.12 bits per heavy atom. The Balaban J connectivity index is 3.20. The number of halogens is 3. The van der Waals surface area contributed by atoms with Crippen LogP contribution in [-0.2, 0) is 4.79 Å². The third-order valence-corrected chi connectivity index (χ3v) is 1.82. The Hall–Kier alpha value is -1.85. The predicted molar refractivity (Wildman–Crippen MR) is 57.7 cm³/mol. The minimum Gasteiger partial charge on any atom is -0.302 e. The lowest BCUT2D eigenvalue weighted by atomic mass is 10.1. The SMILES string of the molecule is CN(C)/N=C(/C(=O)C(F)(F)F)c1ccccc1. The fourth-order valence-electron chi connectivity index (χ4n) is 1.16. The van der Waals surface area contributed by atoms with E-state index in [9.17, 15) is 18.0 Å². The molecule has 92 valence electrons. The molecule has 0 spiro atoms. The topological polar surface area (TPSA) is 32.7 Å². The van der Waals surface area contributed by atoms with Gasteiger partial charge in [-0.1, -0.05) is 30.3 Å². The Kier molecular flexibility index (Phi) is 3.88. The molecule has 0 heterocycles. The average molecular weight is 244 g/mol. The van der Waals surface area contributed by atoms with Gasteiger partial charge in [0.2, 0.25) is 0 Å². The fourth-order valence-corrected chi connectivity index (χ4v) is 1.16. The van der Waals surface area contributed by atoms with Gasteiger partial charge in [-0.25, -0.2) is 0 Å². The summed E-state index contributed by atoms with van der Waals surface area (Å²) >= 11 is 0. The zero-order valence-electron chi connectivity index (χ0n) is 9.32. The Morgan fingerprint density at radius 1 is 1.18 bits per heavy atom. The van der Waals surface area contributed by atoms with Gasteiger partial charge < -0.3 is 5.01 Å². The van der Waals surface area contributed by atoms with E-state index >= 15 is 0 Å². The van der Waals surface area contributed by atoms with Crippen LogP contribution in [0.5, 0.6) is 0 Å². The van der Waals surface area contributed by atoms with Crippen molar-refractivity contribution >= 4 is 11.5 Å². The van der Waals surface area contributed by atoms with Gasteiger partial charge in [0.05, 0.1) is 0 Å². The van der Waals surface area contributed by atoms with Gasteiger partial charge in [-0.2, -0.15) is 18.3 Å². The molecule has 0 N–H and O–H groups in total. The van der Waals surface area contributed by atoms with Gasteiger partial charge >= 0.3 is 6.18 Å². The zero-order chi connectivity index (χ0) is 13.1. The molecule has 0 atom stereocenters. The first-order valence-electron chi connectivity index (χ1n) is 4.75. The maximum Gasteiger partial charge on any atom is 0.456 e. The quantitative estimate of drug-likeness (QED) is 0.602. The van der Waals surface area contributed by atoms with Crippen LogP contribution in [0.4, 0.5) is 13.2 Å². The van der Waals surface area contributed by atoms with Crippen LogP contribution in [0, 0.1) is 0 Å². The monoisotopic (exact) mass is 244 g/mol. The molecule has 0 aliphatic carbocycles. The van der Waals surface area contributed by atoms with Crippen LogP contribution in [0.3, 0.4) is 0 Å². The van der Waals surface area contributed by atoms with Crippen LogP contribution >= 0.6 is 0 Å². The fraction of sp³-hybridized carbons (Fsp3) is 0.273. The number of nitrogens with zero attached hydrogens (tertiary/aromatic N) is 2. The van der Waals surface area contributed by atoms with E-state index in [0.29, 0.717) is 0 Å². The first-order valence-corrected chi connectivity index (χ1v) is 4.75. The molecule has 6 heteroatoms. The maximum atomic E-state index is 12.4. The van der Waals surface area contributed by atoms with Gasteiger partial charge in [-0.15, -0.1) is 0 Å².